The zero-order valence-corrected chi connectivity index (χ0v) is 17.8. The van der Waals surface area contributed by atoms with E-state index in [2.05, 4.69) is 27.1 Å². The van der Waals surface area contributed by atoms with Gasteiger partial charge in [0.1, 0.15) is 12.1 Å². The number of amides is 1. The Morgan fingerprint density at radius 3 is 2.60 bits per heavy atom. The second-order valence-corrected chi connectivity index (χ2v) is 7.93. The quantitative estimate of drug-likeness (QED) is 0.589. The fourth-order valence-corrected chi connectivity index (χ4v) is 4.28. The predicted molar refractivity (Wildman–Crippen MR) is 119 cm³/mol. The molecule has 1 saturated heterocycles. The van der Waals surface area contributed by atoms with E-state index in [0.717, 1.165) is 62.0 Å². The fourth-order valence-electron chi connectivity index (χ4n) is 4.28. The zero-order valence-electron chi connectivity index (χ0n) is 17.8. The van der Waals surface area contributed by atoms with Crippen LogP contribution in [0.1, 0.15) is 13.3 Å². The molecule has 0 spiro atoms. The second kappa shape index (κ2) is 8.97. The summed E-state index contributed by atoms with van der Waals surface area (Å²) >= 11 is 0. The Morgan fingerprint density at radius 1 is 1.10 bits per heavy atom. The number of benzene rings is 1. The van der Waals surface area contributed by atoms with Crippen LogP contribution in [0.25, 0.3) is 21.8 Å². The number of piperazine rings is 1. The number of nitrogens with one attached hydrogen (secondary N) is 1. The van der Waals surface area contributed by atoms with Gasteiger partial charge in [0, 0.05) is 56.1 Å². The largest absolute Gasteiger partial charge is 0.354 e. The Bertz CT molecular complexity index is 1090. The van der Waals surface area contributed by atoms with Crippen molar-refractivity contribution < 1.29 is 4.79 Å². The molecule has 1 fully saturated rings. The molecule has 0 saturated carbocycles. The van der Waals surface area contributed by atoms with Crippen molar-refractivity contribution in [3.8, 4) is 0 Å². The van der Waals surface area contributed by atoms with Crippen LogP contribution in [-0.2, 0) is 18.4 Å². The Hall–Kier alpha value is -2.71. The number of carbonyl (C=O) groups is 1. The Balaban J connectivity index is 1.33. The third-order valence-corrected chi connectivity index (χ3v) is 6.09. The Morgan fingerprint density at radius 2 is 1.83 bits per heavy atom. The van der Waals surface area contributed by atoms with Crippen LogP contribution in [0.3, 0.4) is 0 Å². The maximum atomic E-state index is 12.9. The summed E-state index contributed by atoms with van der Waals surface area (Å²) in [4.78, 5) is 30.2. The first-order valence-corrected chi connectivity index (χ1v) is 10.7. The Labute approximate surface area is 176 Å². The van der Waals surface area contributed by atoms with Gasteiger partial charge in [0.05, 0.1) is 6.20 Å². The van der Waals surface area contributed by atoms with Crippen molar-refractivity contribution in [2.24, 2.45) is 7.05 Å². The predicted octanol–water partition coefficient (Wildman–Crippen LogP) is 1.03. The number of nitrogens with zero attached hydrogens (tertiary/aromatic N) is 5. The van der Waals surface area contributed by atoms with E-state index < -0.39 is 0 Å². The molecule has 30 heavy (non-hydrogen) atoms. The summed E-state index contributed by atoms with van der Waals surface area (Å²) in [6, 6.07) is 7.86. The van der Waals surface area contributed by atoms with Crippen LogP contribution in [0.2, 0.25) is 0 Å². The normalized spacial score (nSPS) is 15.8. The van der Waals surface area contributed by atoms with Gasteiger partial charge in [0.15, 0.2) is 0 Å². The van der Waals surface area contributed by atoms with Crippen molar-refractivity contribution in [3.05, 3.63) is 40.8 Å². The number of rotatable bonds is 7. The first-order valence-electron chi connectivity index (χ1n) is 10.7. The molecule has 0 radical (unpaired) electrons. The van der Waals surface area contributed by atoms with Crippen molar-refractivity contribution in [2.45, 2.75) is 19.9 Å². The summed E-state index contributed by atoms with van der Waals surface area (Å²) in [6.45, 7) is 9.26. The molecule has 0 unspecified atom stereocenters. The molecular formula is C22H30N6O2. The van der Waals surface area contributed by atoms with Gasteiger partial charge in [-0.05, 0) is 25.6 Å². The molecule has 3 aromatic rings. The van der Waals surface area contributed by atoms with Crippen molar-refractivity contribution in [1.29, 1.82) is 0 Å². The topological polar surface area (TPSA) is 75.4 Å². The van der Waals surface area contributed by atoms with Crippen molar-refractivity contribution in [3.63, 3.8) is 0 Å². The van der Waals surface area contributed by atoms with E-state index in [1.54, 1.807) is 6.20 Å². The molecule has 160 valence electrons. The van der Waals surface area contributed by atoms with E-state index in [-0.39, 0.29) is 18.0 Å². The molecule has 8 nitrogen and oxygen atoms in total. The van der Waals surface area contributed by atoms with Gasteiger partial charge in [-0.15, -0.1) is 0 Å². The number of fused-ring (bicyclic) bond motifs is 3. The maximum Gasteiger partial charge on any atom is 0.291 e. The van der Waals surface area contributed by atoms with Gasteiger partial charge >= 0.3 is 0 Å². The highest BCUT2D eigenvalue weighted by atomic mass is 16.2. The lowest BCUT2D eigenvalue weighted by Gasteiger charge is -2.33. The van der Waals surface area contributed by atoms with Crippen LogP contribution in [0.15, 0.2) is 35.3 Å². The molecular weight excluding hydrogens is 380 g/mol. The van der Waals surface area contributed by atoms with Gasteiger partial charge in [-0.1, -0.05) is 25.1 Å². The standard InChI is InChI=1S/C22H30N6O2/c1-3-26-11-13-27(14-12-26)10-6-9-23-20(29)16-28-22(30)21-18(15-24-28)17-7-4-5-8-19(17)25(21)2/h4-5,7-8,15H,3,6,9-14,16H2,1-2H3,(H,23,29). The van der Waals surface area contributed by atoms with E-state index in [4.69, 9.17) is 0 Å². The molecule has 3 heterocycles. The van der Waals surface area contributed by atoms with Crippen LogP contribution in [0, 0.1) is 0 Å². The molecule has 1 aliphatic heterocycles. The minimum absolute atomic E-state index is 0.0640. The molecule has 1 amide bonds. The lowest BCUT2D eigenvalue weighted by atomic mass is 10.2. The molecule has 4 rings (SSSR count). The second-order valence-electron chi connectivity index (χ2n) is 7.93. The number of hydrogen-bond donors (Lipinski definition) is 1. The zero-order chi connectivity index (χ0) is 21.1. The summed E-state index contributed by atoms with van der Waals surface area (Å²) < 4.78 is 3.13. The van der Waals surface area contributed by atoms with Crippen molar-refractivity contribution >= 4 is 27.7 Å². The molecule has 0 aliphatic carbocycles. The molecule has 1 aromatic carbocycles. The summed E-state index contributed by atoms with van der Waals surface area (Å²) in [5.41, 5.74) is 1.31. The van der Waals surface area contributed by atoms with Gasteiger partial charge in [-0.3, -0.25) is 9.59 Å². The number of hydrogen-bond acceptors (Lipinski definition) is 5. The van der Waals surface area contributed by atoms with E-state index in [9.17, 15) is 9.59 Å². The minimum atomic E-state index is -0.241. The van der Waals surface area contributed by atoms with E-state index >= 15 is 0 Å². The van der Waals surface area contributed by atoms with E-state index in [0.29, 0.717) is 12.1 Å². The SMILES string of the molecule is CCN1CCN(CCCNC(=O)Cn2ncc3c4ccccc4n(C)c3c2=O)CC1. The molecule has 8 heteroatoms. The van der Waals surface area contributed by atoms with Gasteiger partial charge in [0.25, 0.3) is 5.56 Å². The lowest BCUT2D eigenvalue weighted by molar-refractivity contribution is -0.121. The smallest absolute Gasteiger partial charge is 0.291 e. The lowest BCUT2D eigenvalue weighted by Crippen LogP contribution is -2.46. The average Bonchev–Trinajstić information content (AvgIpc) is 3.06. The molecule has 1 N–H and O–H groups in total. The molecule has 0 bridgehead atoms. The first-order chi connectivity index (χ1) is 14.6. The average molecular weight is 411 g/mol. The highest BCUT2D eigenvalue weighted by Gasteiger charge is 2.16. The minimum Gasteiger partial charge on any atom is -0.354 e. The highest BCUT2D eigenvalue weighted by molar-refractivity contribution is 6.07. The van der Waals surface area contributed by atoms with Gasteiger partial charge in [0.2, 0.25) is 5.91 Å². The first kappa shape index (κ1) is 20.6. The summed E-state index contributed by atoms with van der Waals surface area (Å²) in [5, 5.41) is 8.98. The number of aromatic nitrogens is 3. The van der Waals surface area contributed by atoms with Crippen LogP contribution < -0.4 is 10.9 Å². The summed E-state index contributed by atoms with van der Waals surface area (Å²) in [6.07, 6.45) is 2.59. The van der Waals surface area contributed by atoms with Crippen LogP contribution >= 0.6 is 0 Å². The van der Waals surface area contributed by atoms with Crippen molar-refractivity contribution in [2.75, 3.05) is 45.8 Å². The fraction of sp³-hybridized carbons (Fsp3) is 0.500. The third-order valence-electron chi connectivity index (χ3n) is 6.09. The number of para-hydroxylation sites is 1. The number of likely N-dealkylation sites (N-methyl/N-ethyl adjacent to an activating group) is 1. The monoisotopic (exact) mass is 410 g/mol. The van der Waals surface area contributed by atoms with Crippen LogP contribution in [0.5, 0.6) is 0 Å². The molecule has 0 atom stereocenters. The number of aryl methyl sites for hydroxylation is 1. The van der Waals surface area contributed by atoms with Crippen molar-refractivity contribution in [1.82, 2.24) is 29.5 Å². The van der Waals surface area contributed by atoms with Crippen LogP contribution in [-0.4, -0.2) is 75.9 Å². The van der Waals surface area contributed by atoms with E-state index in [1.807, 2.05) is 35.9 Å². The number of carbonyl (C=O) groups excluding carboxylic acids is 1. The maximum absolute atomic E-state index is 12.9. The van der Waals surface area contributed by atoms with Gasteiger partial charge in [-0.25, -0.2) is 4.68 Å². The Kier molecular flexibility index (Phi) is 6.15. The van der Waals surface area contributed by atoms with Crippen LogP contribution in [0.4, 0.5) is 0 Å². The van der Waals surface area contributed by atoms with Gasteiger partial charge in [-0.2, -0.15) is 5.10 Å². The molecule has 1 aliphatic rings. The van der Waals surface area contributed by atoms with E-state index in [1.165, 1.54) is 4.68 Å². The highest BCUT2D eigenvalue weighted by Crippen LogP contribution is 2.24. The molecule has 2 aromatic heterocycles. The summed E-state index contributed by atoms with van der Waals surface area (Å²) in [7, 11) is 1.87. The van der Waals surface area contributed by atoms with Gasteiger partial charge < -0.3 is 19.7 Å². The third kappa shape index (κ3) is 4.11. The summed E-state index contributed by atoms with van der Waals surface area (Å²) in [5.74, 6) is -0.182.